The summed E-state index contributed by atoms with van der Waals surface area (Å²) in [6.07, 6.45) is -1.79. The normalized spacial score (nSPS) is 31.0. The molecule has 28 heavy (non-hydrogen) atoms. The molecule has 1 amide bonds. The van der Waals surface area contributed by atoms with Crippen molar-refractivity contribution < 1.29 is 15.0 Å². The van der Waals surface area contributed by atoms with Crippen LogP contribution in [-0.4, -0.2) is 49.7 Å². The fourth-order valence-electron chi connectivity index (χ4n) is 3.96. The molecule has 0 aromatic heterocycles. The van der Waals surface area contributed by atoms with Gasteiger partial charge < -0.3 is 20.8 Å². The van der Waals surface area contributed by atoms with Crippen LogP contribution in [0.3, 0.4) is 0 Å². The average Bonchev–Trinajstić information content (AvgIpc) is 3.04. The summed E-state index contributed by atoms with van der Waals surface area (Å²) < 4.78 is 0. The van der Waals surface area contributed by atoms with Crippen LogP contribution in [0.2, 0.25) is 0 Å². The molecule has 1 aliphatic heterocycles. The molecule has 7 heteroatoms. The number of aliphatic hydroxyl groups is 2. The van der Waals surface area contributed by atoms with Gasteiger partial charge in [-0.25, -0.2) is 4.99 Å². The second kappa shape index (κ2) is 7.95. The number of aliphatic hydroxyl groups excluding tert-OH is 2. The van der Waals surface area contributed by atoms with Crippen LogP contribution in [0.1, 0.15) is 12.0 Å². The molecule has 2 fully saturated rings. The molecule has 2 aromatic carbocycles. The van der Waals surface area contributed by atoms with Crippen molar-refractivity contribution in [1.29, 1.82) is 0 Å². The first kappa shape index (κ1) is 19.0. The summed E-state index contributed by atoms with van der Waals surface area (Å²) in [6, 6.07) is 19.0. The molecule has 1 heterocycles. The number of amides is 1. The predicted molar refractivity (Wildman–Crippen MR) is 110 cm³/mol. The van der Waals surface area contributed by atoms with E-state index in [-0.39, 0.29) is 11.7 Å². The van der Waals surface area contributed by atoms with E-state index >= 15 is 0 Å². The molecule has 0 bridgehead atoms. The minimum Gasteiger partial charge on any atom is -0.390 e. The van der Waals surface area contributed by atoms with Gasteiger partial charge in [-0.1, -0.05) is 60.3 Å². The summed E-state index contributed by atoms with van der Waals surface area (Å²) in [5.41, 5.74) is 7.48. The number of fused-ring (bicyclic) bond motifs is 1. The van der Waals surface area contributed by atoms with Crippen molar-refractivity contribution in [2.75, 3.05) is 0 Å². The number of rotatable bonds is 4. The van der Waals surface area contributed by atoms with Gasteiger partial charge in [0, 0.05) is 11.8 Å². The quantitative estimate of drug-likeness (QED) is 0.732. The van der Waals surface area contributed by atoms with Gasteiger partial charge in [-0.2, -0.15) is 0 Å². The zero-order valence-electron chi connectivity index (χ0n) is 15.3. The van der Waals surface area contributed by atoms with Gasteiger partial charge in [0.15, 0.2) is 5.17 Å². The van der Waals surface area contributed by atoms with Crippen LogP contribution in [0, 0.1) is 5.92 Å². The first-order valence-corrected chi connectivity index (χ1v) is 10.2. The molecule has 5 atom stereocenters. The molecule has 0 spiro atoms. The first-order chi connectivity index (χ1) is 13.5. The Hall–Kier alpha value is -2.35. The molecule has 146 valence electrons. The Morgan fingerprint density at radius 1 is 1.11 bits per heavy atom. The highest BCUT2D eigenvalue weighted by molar-refractivity contribution is 8.14. The van der Waals surface area contributed by atoms with Crippen molar-refractivity contribution >= 4 is 28.5 Å². The van der Waals surface area contributed by atoms with Crippen LogP contribution in [0.5, 0.6) is 0 Å². The largest absolute Gasteiger partial charge is 0.390 e. The molecule has 6 nitrogen and oxygen atoms in total. The summed E-state index contributed by atoms with van der Waals surface area (Å²) in [5.74, 6) is -0.968. The van der Waals surface area contributed by atoms with Crippen molar-refractivity contribution in [2.24, 2.45) is 16.6 Å². The van der Waals surface area contributed by atoms with Crippen LogP contribution < -0.4 is 5.73 Å². The van der Waals surface area contributed by atoms with Gasteiger partial charge in [0.25, 0.3) is 0 Å². The number of carbonyl (C=O) groups is 1. The molecule has 0 radical (unpaired) electrons. The Bertz CT molecular complexity index is 862. The van der Waals surface area contributed by atoms with Crippen molar-refractivity contribution in [2.45, 2.75) is 36.5 Å². The smallest absolute Gasteiger partial charge is 0.221 e. The van der Waals surface area contributed by atoms with Gasteiger partial charge in [0.1, 0.15) is 6.10 Å². The third kappa shape index (κ3) is 3.65. The summed E-state index contributed by atoms with van der Waals surface area (Å²) in [7, 11) is 0. The summed E-state index contributed by atoms with van der Waals surface area (Å²) >= 11 is 1.46. The second-order valence-corrected chi connectivity index (χ2v) is 8.36. The zero-order valence-corrected chi connectivity index (χ0v) is 16.1. The van der Waals surface area contributed by atoms with E-state index in [1.54, 1.807) is 0 Å². The van der Waals surface area contributed by atoms with Crippen molar-refractivity contribution in [3.8, 4) is 0 Å². The minimum atomic E-state index is -0.992. The second-order valence-electron chi connectivity index (χ2n) is 7.22. The maximum absolute atomic E-state index is 12.0. The number of thioether (sulfide) groups is 1. The van der Waals surface area contributed by atoms with E-state index in [2.05, 4.69) is 0 Å². The molecule has 2 aromatic rings. The number of benzene rings is 2. The first-order valence-electron chi connectivity index (χ1n) is 9.31. The third-order valence-corrected chi connectivity index (χ3v) is 6.78. The van der Waals surface area contributed by atoms with Crippen LogP contribution >= 0.6 is 11.8 Å². The lowest BCUT2D eigenvalue weighted by Crippen LogP contribution is -2.58. The number of nitrogens with zero attached hydrogens (tertiary/aromatic N) is 2. The molecule has 4 rings (SSSR count). The Kier molecular flexibility index (Phi) is 5.39. The number of para-hydroxylation sites is 1. The van der Waals surface area contributed by atoms with E-state index in [1.165, 1.54) is 11.8 Å². The van der Waals surface area contributed by atoms with Crippen LogP contribution in [0.4, 0.5) is 5.69 Å². The highest BCUT2D eigenvalue weighted by atomic mass is 32.2. The summed E-state index contributed by atoms with van der Waals surface area (Å²) in [6.45, 7) is 0.524. The van der Waals surface area contributed by atoms with E-state index in [1.807, 2.05) is 65.6 Å². The molecule has 0 unspecified atom stereocenters. The topological polar surface area (TPSA) is 99.2 Å². The van der Waals surface area contributed by atoms with Crippen LogP contribution in [0.15, 0.2) is 65.7 Å². The number of hydrogen-bond donors (Lipinski definition) is 3. The van der Waals surface area contributed by atoms with Crippen molar-refractivity contribution in [1.82, 2.24) is 4.90 Å². The number of primary amides is 1. The Labute approximate surface area is 168 Å². The molecule has 4 N–H and O–H groups in total. The van der Waals surface area contributed by atoms with Gasteiger partial charge in [0.05, 0.1) is 23.8 Å². The van der Waals surface area contributed by atoms with Gasteiger partial charge in [-0.3, -0.25) is 4.79 Å². The molecule has 2 aliphatic rings. The summed E-state index contributed by atoms with van der Waals surface area (Å²) in [4.78, 5) is 18.8. The Balaban J connectivity index is 1.74. The number of amidine groups is 1. The highest BCUT2D eigenvalue weighted by Gasteiger charge is 2.54. The average molecular weight is 398 g/mol. The van der Waals surface area contributed by atoms with Crippen molar-refractivity contribution in [3.63, 3.8) is 0 Å². The molecule has 1 saturated carbocycles. The lowest BCUT2D eigenvalue weighted by atomic mass is 9.80. The fourth-order valence-corrected chi connectivity index (χ4v) is 5.54. The lowest BCUT2D eigenvalue weighted by Gasteiger charge is -2.41. The van der Waals surface area contributed by atoms with Crippen LogP contribution in [-0.2, 0) is 11.3 Å². The third-order valence-electron chi connectivity index (χ3n) is 5.36. The number of carbonyl (C=O) groups excluding carboxylic acids is 1. The predicted octanol–water partition coefficient (Wildman–Crippen LogP) is 1.89. The van der Waals surface area contributed by atoms with E-state index < -0.39 is 30.1 Å². The molecular weight excluding hydrogens is 374 g/mol. The van der Waals surface area contributed by atoms with Crippen molar-refractivity contribution in [3.05, 3.63) is 66.2 Å². The van der Waals surface area contributed by atoms with E-state index in [0.717, 1.165) is 16.4 Å². The monoisotopic (exact) mass is 397 g/mol. The lowest BCUT2D eigenvalue weighted by molar-refractivity contribution is -0.128. The van der Waals surface area contributed by atoms with E-state index in [4.69, 9.17) is 10.7 Å². The highest BCUT2D eigenvalue weighted by Crippen LogP contribution is 2.45. The Morgan fingerprint density at radius 3 is 2.39 bits per heavy atom. The van der Waals surface area contributed by atoms with Gasteiger partial charge in [-0.05, 0) is 24.1 Å². The number of aliphatic imine (C=N–C) groups is 1. The van der Waals surface area contributed by atoms with Gasteiger partial charge in [0.2, 0.25) is 5.91 Å². The maximum atomic E-state index is 12.0. The van der Waals surface area contributed by atoms with Gasteiger partial charge >= 0.3 is 0 Å². The summed E-state index contributed by atoms with van der Waals surface area (Å²) in [5, 5.41) is 21.6. The molecule has 1 saturated heterocycles. The minimum absolute atomic E-state index is 0.169. The number of hydrogen-bond acceptors (Lipinski definition) is 5. The number of nitrogens with two attached hydrogens (primary N) is 1. The van der Waals surface area contributed by atoms with E-state index in [0.29, 0.717) is 6.54 Å². The molecular formula is C21H23N3O3S. The van der Waals surface area contributed by atoms with E-state index in [9.17, 15) is 15.0 Å². The SMILES string of the molecule is NC(=O)[C@H]1C[C@@H](O)[C@H](O)[C@@H]2[C@@H]1SC(=Nc1ccccc1)N2Cc1ccccc1. The fraction of sp³-hybridized carbons (Fsp3) is 0.333. The van der Waals surface area contributed by atoms with Crippen LogP contribution in [0.25, 0.3) is 0 Å². The maximum Gasteiger partial charge on any atom is 0.221 e. The van der Waals surface area contributed by atoms with Gasteiger partial charge in [-0.15, -0.1) is 0 Å². The standard InChI is InChI=1S/C21H23N3O3S/c22-20(27)15-11-16(25)18(26)17-19(15)28-21(23-14-9-5-2-6-10-14)24(17)12-13-7-3-1-4-8-13/h1-10,15-19,25-26H,11-12H2,(H2,22,27)/t15-,16+,17+,18-,19+/m0/s1. The zero-order chi connectivity index (χ0) is 19.7. The molecule has 1 aliphatic carbocycles. The Morgan fingerprint density at radius 2 is 1.75 bits per heavy atom.